The second-order valence-electron chi connectivity index (χ2n) is 8.29. The highest BCUT2D eigenvalue weighted by atomic mass is 32.2. The lowest BCUT2D eigenvalue weighted by Gasteiger charge is -2.28. The fourth-order valence-electron chi connectivity index (χ4n) is 4.08. The fraction of sp³-hybridized carbons (Fsp3) is 0.429. The van der Waals surface area contributed by atoms with Gasteiger partial charge in [0.15, 0.2) is 5.69 Å². The van der Waals surface area contributed by atoms with Crippen molar-refractivity contribution in [1.29, 1.82) is 0 Å². The first kappa shape index (κ1) is 20.1. The molecule has 2 heterocycles. The van der Waals surface area contributed by atoms with Crippen molar-refractivity contribution in [2.45, 2.75) is 61.5 Å². The summed E-state index contributed by atoms with van der Waals surface area (Å²) < 4.78 is 30.6. The van der Waals surface area contributed by atoms with Crippen LogP contribution in [0.25, 0.3) is 10.9 Å². The van der Waals surface area contributed by atoms with Crippen molar-refractivity contribution < 1.29 is 13.2 Å². The van der Waals surface area contributed by atoms with Gasteiger partial charge < -0.3 is 5.32 Å². The van der Waals surface area contributed by atoms with Gasteiger partial charge in [0.2, 0.25) is 10.0 Å². The van der Waals surface area contributed by atoms with Gasteiger partial charge in [-0.3, -0.25) is 9.78 Å². The molecule has 0 radical (unpaired) electrons. The van der Waals surface area contributed by atoms with Crippen LogP contribution in [0.15, 0.2) is 47.6 Å². The van der Waals surface area contributed by atoms with Gasteiger partial charge in [0, 0.05) is 23.7 Å². The molecule has 1 aromatic carbocycles. The van der Waals surface area contributed by atoms with E-state index in [1.807, 2.05) is 12.1 Å². The molecule has 31 heavy (non-hydrogen) atoms. The molecule has 0 unspecified atom stereocenters. The molecular weight excluding hydrogens is 416 g/mol. The van der Waals surface area contributed by atoms with Crippen LogP contribution in [0, 0.1) is 0 Å². The summed E-state index contributed by atoms with van der Waals surface area (Å²) in [6.07, 6.45) is 8.22. The Kier molecular flexibility index (Phi) is 5.19. The molecule has 5 rings (SSSR count). The number of benzene rings is 1. The second kappa shape index (κ2) is 8.01. The molecule has 2 saturated carbocycles. The predicted octanol–water partition coefficient (Wildman–Crippen LogP) is 2.18. The Hall–Kier alpha value is -2.85. The van der Waals surface area contributed by atoms with Crippen molar-refractivity contribution in [3.63, 3.8) is 0 Å². The number of carbonyl (C=O) groups excluding carboxylic acids is 1. The van der Waals surface area contributed by atoms with E-state index in [1.165, 1.54) is 0 Å². The summed E-state index contributed by atoms with van der Waals surface area (Å²) in [6, 6.07) is 9.05. The van der Waals surface area contributed by atoms with Gasteiger partial charge in [-0.05, 0) is 50.7 Å². The summed E-state index contributed by atoms with van der Waals surface area (Å²) in [7, 11) is -3.68. The zero-order valence-electron chi connectivity index (χ0n) is 16.9. The van der Waals surface area contributed by atoms with Crippen LogP contribution in [0.2, 0.25) is 0 Å². The standard InChI is InChI=1S/C21H24N6O3S/c28-21(23-15-6-7-15)18-13-27(26-24-18)17-10-8-16(9-11-17)25-31(29,30)19-5-1-3-14-4-2-12-22-20(14)19/h1-5,12-13,15-17,25H,6-11H2,(H,23,28). The van der Waals surface area contributed by atoms with Crippen molar-refractivity contribution >= 4 is 26.8 Å². The number of sulfonamides is 1. The molecule has 2 N–H and O–H groups in total. The van der Waals surface area contributed by atoms with E-state index in [2.05, 4.69) is 25.3 Å². The molecule has 162 valence electrons. The largest absolute Gasteiger partial charge is 0.348 e. The maximum atomic E-state index is 13.0. The van der Waals surface area contributed by atoms with Crippen LogP contribution < -0.4 is 10.0 Å². The summed E-state index contributed by atoms with van der Waals surface area (Å²) in [5.41, 5.74) is 0.809. The Morgan fingerprint density at radius 2 is 1.74 bits per heavy atom. The minimum atomic E-state index is -3.68. The summed E-state index contributed by atoms with van der Waals surface area (Å²) in [4.78, 5) is 16.6. The van der Waals surface area contributed by atoms with E-state index in [0.29, 0.717) is 24.1 Å². The fourth-order valence-corrected chi connectivity index (χ4v) is 5.56. The number of nitrogens with zero attached hydrogens (tertiary/aromatic N) is 4. The van der Waals surface area contributed by atoms with Crippen LogP contribution in [-0.2, 0) is 10.0 Å². The highest BCUT2D eigenvalue weighted by molar-refractivity contribution is 7.89. The van der Waals surface area contributed by atoms with E-state index in [4.69, 9.17) is 0 Å². The van der Waals surface area contributed by atoms with Gasteiger partial charge in [0.25, 0.3) is 5.91 Å². The minimum Gasteiger partial charge on any atom is -0.348 e. The first-order chi connectivity index (χ1) is 15.0. The van der Waals surface area contributed by atoms with Gasteiger partial charge in [-0.1, -0.05) is 23.4 Å². The number of amides is 1. The third-order valence-electron chi connectivity index (χ3n) is 5.93. The molecule has 0 atom stereocenters. The van der Waals surface area contributed by atoms with Crippen molar-refractivity contribution in [1.82, 2.24) is 30.0 Å². The van der Waals surface area contributed by atoms with Crippen molar-refractivity contribution in [3.05, 3.63) is 48.4 Å². The zero-order chi connectivity index (χ0) is 21.4. The molecule has 0 saturated heterocycles. The maximum Gasteiger partial charge on any atom is 0.273 e. The molecule has 2 fully saturated rings. The average Bonchev–Trinajstić information content (AvgIpc) is 3.45. The Bertz CT molecular complexity index is 1210. The van der Waals surface area contributed by atoms with Crippen LogP contribution in [-0.4, -0.2) is 46.4 Å². The molecule has 2 aromatic heterocycles. The molecule has 2 aliphatic carbocycles. The lowest BCUT2D eigenvalue weighted by Crippen LogP contribution is -2.38. The predicted molar refractivity (Wildman–Crippen MR) is 114 cm³/mol. The number of para-hydroxylation sites is 1. The molecule has 0 aliphatic heterocycles. The molecule has 9 nitrogen and oxygen atoms in total. The SMILES string of the molecule is O=C(NC1CC1)c1cn(C2CCC(NS(=O)(=O)c3cccc4cccnc34)CC2)nn1. The number of carbonyl (C=O) groups is 1. The first-order valence-electron chi connectivity index (χ1n) is 10.6. The minimum absolute atomic E-state index is 0.106. The number of pyridine rings is 1. The lowest BCUT2D eigenvalue weighted by molar-refractivity contribution is 0.0946. The van der Waals surface area contributed by atoms with Crippen LogP contribution in [0.4, 0.5) is 0 Å². The number of fused-ring (bicyclic) bond motifs is 1. The van der Waals surface area contributed by atoms with E-state index in [9.17, 15) is 13.2 Å². The van der Waals surface area contributed by atoms with Crippen molar-refractivity contribution in [2.24, 2.45) is 0 Å². The van der Waals surface area contributed by atoms with Crippen LogP contribution in [0.3, 0.4) is 0 Å². The lowest BCUT2D eigenvalue weighted by atomic mass is 9.92. The third-order valence-corrected chi connectivity index (χ3v) is 7.49. The van der Waals surface area contributed by atoms with E-state index >= 15 is 0 Å². The highest BCUT2D eigenvalue weighted by Gasteiger charge is 2.29. The van der Waals surface area contributed by atoms with Gasteiger partial charge in [-0.15, -0.1) is 5.10 Å². The van der Waals surface area contributed by atoms with Crippen LogP contribution in [0.5, 0.6) is 0 Å². The molecule has 2 aliphatic rings. The first-order valence-corrected chi connectivity index (χ1v) is 12.1. The highest BCUT2D eigenvalue weighted by Crippen LogP contribution is 2.29. The van der Waals surface area contributed by atoms with E-state index < -0.39 is 10.0 Å². The number of hydrogen-bond acceptors (Lipinski definition) is 6. The zero-order valence-corrected chi connectivity index (χ0v) is 17.8. The summed E-state index contributed by atoms with van der Waals surface area (Å²) in [5.74, 6) is -0.182. The second-order valence-corrected chi connectivity index (χ2v) is 9.97. The quantitative estimate of drug-likeness (QED) is 0.606. The van der Waals surface area contributed by atoms with Gasteiger partial charge >= 0.3 is 0 Å². The normalized spacial score (nSPS) is 21.8. The van der Waals surface area contributed by atoms with Gasteiger partial charge in [0.1, 0.15) is 4.90 Å². The van der Waals surface area contributed by atoms with Crippen LogP contribution in [0.1, 0.15) is 55.1 Å². The van der Waals surface area contributed by atoms with Crippen molar-refractivity contribution in [3.8, 4) is 0 Å². The van der Waals surface area contributed by atoms with Gasteiger partial charge in [-0.25, -0.2) is 17.8 Å². The number of hydrogen-bond donors (Lipinski definition) is 2. The third kappa shape index (κ3) is 4.31. The topological polar surface area (TPSA) is 119 Å². The number of nitrogens with one attached hydrogen (secondary N) is 2. The Labute approximate surface area is 180 Å². The van der Waals surface area contributed by atoms with E-state index in [-0.39, 0.29) is 28.9 Å². The Morgan fingerprint density at radius 3 is 2.52 bits per heavy atom. The molecular formula is C21H24N6O3S. The van der Waals surface area contributed by atoms with Gasteiger partial charge in [0.05, 0.1) is 17.8 Å². The van der Waals surface area contributed by atoms with Crippen LogP contribution >= 0.6 is 0 Å². The van der Waals surface area contributed by atoms with E-state index in [0.717, 1.165) is 31.1 Å². The summed E-state index contributed by atoms with van der Waals surface area (Å²) >= 11 is 0. The molecule has 3 aromatic rings. The molecule has 10 heteroatoms. The number of aromatic nitrogens is 4. The Morgan fingerprint density at radius 1 is 1.00 bits per heavy atom. The molecule has 0 spiro atoms. The Balaban J connectivity index is 1.22. The summed E-state index contributed by atoms with van der Waals surface area (Å²) in [6.45, 7) is 0. The molecule has 0 bridgehead atoms. The van der Waals surface area contributed by atoms with Crippen molar-refractivity contribution in [2.75, 3.05) is 0 Å². The van der Waals surface area contributed by atoms with E-state index in [1.54, 1.807) is 35.3 Å². The molecule has 1 amide bonds. The smallest absolute Gasteiger partial charge is 0.273 e. The monoisotopic (exact) mass is 440 g/mol. The summed E-state index contributed by atoms with van der Waals surface area (Å²) in [5, 5.41) is 11.8. The maximum absolute atomic E-state index is 13.0. The average molecular weight is 441 g/mol. The number of rotatable bonds is 6. The van der Waals surface area contributed by atoms with Gasteiger partial charge in [-0.2, -0.15) is 0 Å².